The van der Waals surface area contributed by atoms with Gasteiger partial charge in [0, 0.05) is 18.4 Å². The highest BCUT2D eigenvalue weighted by Gasteiger charge is 2.64. The Bertz CT molecular complexity index is 1010. The number of hydrogen-bond donors (Lipinski definition) is 1. The summed E-state index contributed by atoms with van der Waals surface area (Å²) in [4.78, 5) is 12.9. The minimum Gasteiger partial charge on any atom is -0.469 e. The van der Waals surface area contributed by atoms with Gasteiger partial charge in [-0.3, -0.25) is 4.79 Å². The molecule has 5 nitrogen and oxygen atoms in total. The summed E-state index contributed by atoms with van der Waals surface area (Å²) in [6.45, 7) is 6.95. The standard InChI is InChI=1S/C29H37NO4/c1-19-6-8-20(9-7-19)21(24-5-3-14-32-24)10-13-30-17-23-22-15-26-28(2,16-25(22)34-27(23)31)11-4-12-29(26)18-33-29/h3,5-9,14,21-23,25-26,30H,4,10-13,15-18H2,1-2H3/t21-,22-,23+,25-,26-,28-,29-/m1/s1. The number of nitrogens with one attached hydrogen (secondary N) is 1. The van der Waals surface area contributed by atoms with Gasteiger partial charge in [0.05, 0.1) is 24.4 Å². The first-order valence-corrected chi connectivity index (χ1v) is 13.1. The Morgan fingerprint density at radius 2 is 2.00 bits per heavy atom. The van der Waals surface area contributed by atoms with Crippen LogP contribution in [0.25, 0.3) is 0 Å². The van der Waals surface area contributed by atoms with Crippen LogP contribution in [0.2, 0.25) is 0 Å². The lowest BCUT2D eigenvalue weighted by atomic mass is 9.53. The molecular weight excluding hydrogens is 426 g/mol. The predicted octanol–water partition coefficient (Wildman–Crippen LogP) is 5.23. The number of esters is 1. The number of benzene rings is 1. The van der Waals surface area contributed by atoms with Crippen LogP contribution in [0.5, 0.6) is 0 Å². The number of furan rings is 1. The summed E-state index contributed by atoms with van der Waals surface area (Å²) in [7, 11) is 0. The van der Waals surface area contributed by atoms with Gasteiger partial charge in [-0.2, -0.15) is 0 Å². The van der Waals surface area contributed by atoms with Crippen LogP contribution < -0.4 is 5.32 Å². The maximum Gasteiger partial charge on any atom is 0.310 e. The molecule has 2 aliphatic carbocycles. The molecule has 1 aromatic heterocycles. The van der Waals surface area contributed by atoms with E-state index in [4.69, 9.17) is 13.9 Å². The van der Waals surface area contributed by atoms with Crippen molar-refractivity contribution < 1.29 is 18.7 Å². The molecule has 0 unspecified atom stereocenters. The van der Waals surface area contributed by atoms with Crippen molar-refractivity contribution in [1.82, 2.24) is 5.32 Å². The van der Waals surface area contributed by atoms with E-state index in [9.17, 15) is 4.79 Å². The van der Waals surface area contributed by atoms with Crippen LogP contribution in [-0.4, -0.2) is 37.4 Å². The Balaban J connectivity index is 1.09. The molecule has 4 aliphatic rings. The van der Waals surface area contributed by atoms with E-state index in [1.165, 1.54) is 30.4 Å². The van der Waals surface area contributed by atoms with Crippen molar-refractivity contribution in [2.45, 2.75) is 70.0 Å². The molecule has 7 atom stereocenters. The first kappa shape index (κ1) is 22.4. The fourth-order valence-electron chi connectivity index (χ4n) is 7.46. The van der Waals surface area contributed by atoms with Gasteiger partial charge in [0.15, 0.2) is 0 Å². The molecule has 3 heterocycles. The smallest absolute Gasteiger partial charge is 0.310 e. The van der Waals surface area contributed by atoms with Crippen molar-refractivity contribution >= 4 is 5.97 Å². The maximum absolute atomic E-state index is 12.9. The molecule has 2 aromatic rings. The fraction of sp³-hybridized carbons (Fsp3) is 0.621. The highest BCUT2D eigenvalue weighted by atomic mass is 16.6. The van der Waals surface area contributed by atoms with Crippen molar-refractivity contribution in [3.05, 3.63) is 59.5 Å². The van der Waals surface area contributed by atoms with Gasteiger partial charge in [0.1, 0.15) is 11.9 Å². The van der Waals surface area contributed by atoms with E-state index < -0.39 is 0 Å². The van der Waals surface area contributed by atoms with Crippen molar-refractivity contribution in [2.75, 3.05) is 19.7 Å². The van der Waals surface area contributed by atoms with Crippen LogP contribution >= 0.6 is 0 Å². The Kier molecular flexibility index (Phi) is 5.61. The molecule has 2 aliphatic heterocycles. The van der Waals surface area contributed by atoms with E-state index in [1.54, 1.807) is 6.26 Å². The van der Waals surface area contributed by atoms with E-state index in [0.717, 1.165) is 38.2 Å². The van der Waals surface area contributed by atoms with E-state index in [1.807, 2.05) is 6.07 Å². The molecular formula is C29H37NO4. The summed E-state index contributed by atoms with van der Waals surface area (Å²) >= 11 is 0. The van der Waals surface area contributed by atoms with Gasteiger partial charge in [-0.1, -0.05) is 36.8 Å². The minimum absolute atomic E-state index is 0.00312. The number of epoxide rings is 1. The van der Waals surface area contributed by atoms with Crippen molar-refractivity contribution in [2.24, 2.45) is 23.2 Å². The number of carbonyl (C=O) groups is 1. The van der Waals surface area contributed by atoms with Crippen LogP contribution in [0.4, 0.5) is 0 Å². The highest BCUT2D eigenvalue weighted by molar-refractivity contribution is 5.75. The summed E-state index contributed by atoms with van der Waals surface area (Å²) in [5, 5.41) is 3.61. The molecule has 2 saturated heterocycles. The largest absolute Gasteiger partial charge is 0.469 e. The lowest BCUT2D eigenvalue weighted by molar-refractivity contribution is -0.147. The predicted molar refractivity (Wildman–Crippen MR) is 129 cm³/mol. The first-order valence-electron chi connectivity index (χ1n) is 13.1. The van der Waals surface area contributed by atoms with Gasteiger partial charge in [-0.05, 0) is 81.0 Å². The number of rotatable bonds is 7. The van der Waals surface area contributed by atoms with Gasteiger partial charge < -0.3 is 19.2 Å². The molecule has 0 radical (unpaired) electrons. The van der Waals surface area contributed by atoms with E-state index in [2.05, 4.69) is 49.5 Å². The van der Waals surface area contributed by atoms with E-state index in [-0.39, 0.29) is 34.9 Å². The Hall–Kier alpha value is -2.11. The SMILES string of the molecule is Cc1ccc([C@@H](CCNC[C@@H]2C(=O)O[C@@H]3C[C@@]4(C)CCC[C@@]5(CO5)[C@@H]4C[C@H]23)c2ccco2)cc1. The molecule has 5 heteroatoms. The van der Waals surface area contributed by atoms with Crippen molar-refractivity contribution in [3.8, 4) is 0 Å². The molecule has 4 fully saturated rings. The van der Waals surface area contributed by atoms with E-state index in [0.29, 0.717) is 18.4 Å². The van der Waals surface area contributed by atoms with Crippen LogP contribution in [0.15, 0.2) is 47.1 Å². The molecule has 182 valence electrons. The number of aryl methyl sites for hydroxylation is 1. The summed E-state index contributed by atoms with van der Waals surface area (Å²) in [5.41, 5.74) is 2.88. The van der Waals surface area contributed by atoms with Crippen molar-refractivity contribution in [3.63, 3.8) is 0 Å². The molecule has 1 spiro atoms. The average Bonchev–Trinajstić information content (AvgIpc) is 3.24. The molecule has 1 aromatic carbocycles. The Morgan fingerprint density at radius 1 is 1.18 bits per heavy atom. The second kappa shape index (κ2) is 8.53. The normalized spacial score (nSPS) is 37.2. The van der Waals surface area contributed by atoms with Crippen LogP contribution in [-0.2, 0) is 14.3 Å². The molecule has 2 saturated carbocycles. The average molecular weight is 464 g/mol. The van der Waals surface area contributed by atoms with Crippen LogP contribution in [0.3, 0.4) is 0 Å². The number of hydrogen-bond acceptors (Lipinski definition) is 5. The maximum atomic E-state index is 12.9. The Labute approximate surface area is 202 Å². The molecule has 6 rings (SSSR count). The lowest BCUT2D eigenvalue weighted by Gasteiger charge is -2.51. The van der Waals surface area contributed by atoms with Gasteiger partial charge in [-0.25, -0.2) is 0 Å². The number of fused-ring (bicyclic) bond motifs is 3. The fourth-order valence-corrected chi connectivity index (χ4v) is 7.46. The molecule has 1 N–H and O–H groups in total. The molecule has 34 heavy (non-hydrogen) atoms. The van der Waals surface area contributed by atoms with Gasteiger partial charge in [-0.15, -0.1) is 0 Å². The second-order valence-electron chi connectivity index (χ2n) is 11.6. The van der Waals surface area contributed by atoms with Gasteiger partial charge in [0.25, 0.3) is 0 Å². The molecule has 0 amide bonds. The zero-order chi connectivity index (χ0) is 23.3. The molecule has 0 bridgehead atoms. The third kappa shape index (κ3) is 3.91. The summed E-state index contributed by atoms with van der Waals surface area (Å²) in [6, 6.07) is 12.7. The summed E-state index contributed by atoms with van der Waals surface area (Å²) < 4.78 is 17.8. The van der Waals surface area contributed by atoms with Gasteiger partial charge in [0.2, 0.25) is 0 Å². The third-order valence-corrected chi connectivity index (χ3v) is 9.42. The minimum atomic E-state index is -0.0475. The first-order chi connectivity index (χ1) is 16.5. The van der Waals surface area contributed by atoms with Crippen LogP contribution in [0.1, 0.15) is 68.3 Å². The zero-order valence-electron chi connectivity index (χ0n) is 20.4. The van der Waals surface area contributed by atoms with Gasteiger partial charge >= 0.3 is 5.97 Å². The van der Waals surface area contributed by atoms with Crippen LogP contribution in [0, 0.1) is 30.1 Å². The zero-order valence-corrected chi connectivity index (χ0v) is 20.4. The van der Waals surface area contributed by atoms with E-state index >= 15 is 0 Å². The lowest BCUT2D eigenvalue weighted by Crippen LogP contribution is -2.51. The monoisotopic (exact) mass is 463 g/mol. The quantitative estimate of drug-likeness (QED) is 0.346. The van der Waals surface area contributed by atoms with Crippen molar-refractivity contribution in [1.29, 1.82) is 0 Å². The second-order valence-corrected chi connectivity index (χ2v) is 11.6. The third-order valence-electron chi connectivity index (χ3n) is 9.42. The Morgan fingerprint density at radius 3 is 2.74 bits per heavy atom. The highest BCUT2D eigenvalue weighted by Crippen LogP contribution is 2.62. The number of carbonyl (C=O) groups excluding carboxylic acids is 1. The summed E-state index contributed by atoms with van der Waals surface area (Å²) in [5.74, 6) is 2.03. The summed E-state index contributed by atoms with van der Waals surface area (Å²) in [6.07, 6.45) is 8.48. The topological polar surface area (TPSA) is 64.0 Å². The number of ether oxygens (including phenoxy) is 2.